The molecule has 2 fully saturated rings. The topological polar surface area (TPSA) is 168 Å². The van der Waals surface area contributed by atoms with E-state index < -0.39 is 35.7 Å². The van der Waals surface area contributed by atoms with Gasteiger partial charge in [-0.05, 0) is 0 Å². The number of hydrogen-bond acceptors (Lipinski definition) is 14. The Bertz CT molecular complexity index is 789. The fourth-order valence-corrected chi connectivity index (χ4v) is 3.39. The van der Waals surface area contributed by atoms with Crippen LogP contribution < -0.4 is 0 Å². The minimum atomic E-state index is -1.26. The van der Waals surface area contributed by atoms with E-state index in [-0.39, 0.29) is 65.7 Å². The molecule has 0 unspecified atom stereocenters. The second-order valence-electron chi connectivity index (χ2n) is 8.13. The maximum Gasteiger partial charge on any atom is 0.320 e. The normalized spacial score (nSPS) is 21.1. The van der Waals surface area contributed by atoms with Crippen LogP contribution in [0, 0.1) is 11.8 Å². The average Bonchev–Trinajstić information content (AvgIpc) is 2.94. The first-order chi connectivity index (χ1) is 18.5. The molecule has 0 aromatic carbocycles. The first kappa shape index (κ1) is 29.4. The minimum absolute atomic E-state index is 0.0287. The Morgan fingerprint density at radius 2 is 0.737 bits per heavy atom. The van der Waals surface area contributed by atoms with Crippen LogP contribution in [0.2, 0.25) is 0 Å². The van der Waals surface area contributed by atoms with Gasteiger partial charge in [0.05, 0.1) is 64.2 Å². The minimum Gasteiger partial charge on any atom is -0.463 e. The summed E-state index contributed by atoms with van der Waals surface area (Å²) in [7, 11) is 0. The van der Waals surface area contributed by atoms with Crippen molar-refractivity contribution in [2.24, 2.45) is 11.8 Å². The van der Waals surface area contributed by atoms with E-state index in [0.29, 0.717) is 37.8 Å². The van der Waals surface area contributed by atoms with E-state index in [0.717, 1.165) is 0 Å². The predicted molar refractivity (Wildman–Crippen MR) is 124 cm³/mol. The molecular formula is C24H32N2O12. The molecule has 38 heavy (non-hydrogen) atoms. The molecule has 0 atom stereocenters. The average molecular weight is 541 g/mol. The van der Waals surface area contributed by atoms with Gasteiger partial charge in [0.25, 0.3) is 0 Å². The third kappa shape index (κ3) is 10.3. The van der Waals surface area contributed by atoms with Gasteiger partial charge in [-0.3, -0.25) is 29.1 Å². The Morgan fingerprint density at radius 3 is 1.00 bits per heavy atom. The highest BCUT2D eigenvalue weighted by Crippen LogP contribution is 2.15. The summed E-state index contributed by atoms with van der Waals surface area (Å²) in [5.74, 6) is -5.61. The molecule has 1 aromatic heterocycles. The molecule has 14 heteroatoms. The van der Waals surface area contributed by atoms with Crippen molar-refractivity contribution in [2.45, 2.75) is 12.8 Å². The van der Waals surface area contributed by atoms with Gasteiger partial charge in [-0.15, -0.1) is 0 Å². The summed E-state index contributed by atoms with van der Waals surface area (Å²) in [6, 6.07) is 0. The molecule has 2 saturated heterocycles. The van der Waals surface area contributed by atoms with Gasteiger partial charge < -0.3 is 37.9 Å². The molecule has 0 aliphatic carbocycles. The Kier molecular flexibility index (Phi) is 12.8. The van der Waals surface area contributed by atoms with Crippen LogP contribution >= 0.6 is 0 Å². The zero-order chi connectivity index (χ0) is 27.0. The molecule has 14 nitrogen and oxygen atoms in total. The SMILES string of the molecule is O=C1OCCOCCOCCOC(=O)C1Cc1cnc(CC2C(=O)OCCOCCOCCOC2=O)cn1. The van der Waals surface area contributed by atoms with Gasteiger partial charge in [0.2, 0.25) is 0 Å². The van der Waals surface area contributed by atoms with Crippen molar-refractivity contribution >= 4 is 23.9 Å². The molecule has 2 aliphatic heterocycles. The third-order valence-electron chi connectivity index (χ3n) is 5.36. The molecule has 1 aromatic rings. The number of rotatable bonds is 4. The highest BCUT2D eigenvalue weighted by Gasteiger charge is 2.33. The van der Waals surface area contributed by atoms with Crippen molar-refractivity contribution in [3.63, 3.8) is 0 Å². The second kappa shape index (κ2) is 16.6. The molecule has 3 heterocycles. The van der Waals surface area contributed by atoms with E-state index in [2.05, 4.69) is 9.97 Å². The maximum atomic E-state index is 12.5. The largest absolute Gasteiger partial charge is 0.463 e. The van der Waals surface area contributed by atoms with Crippen LogP contribution in [-0.2, 0) is 69.9 Å². The van der Waals surface area contributed by atoms with Crippen LogP contribution in [0.3, 0.4) is 0 Å². The third-order valence-corrected chi connectivity index (χ3v) is 5.36. The summed E-state index contributed by atoms with van der Waals surface area (Å²) in [5.41, 5.74) is 0.609. The number of carbonyl (C=O) groups excluding carboxylic acids is 4. The van der Waals surface area contributed by atoms with E-state index in [9.17, 15) is 19.2 Å². The van der Waals surface area contributed by atoms with Crippen molar-refractivity contribution in [1.82, 2.24) is 9.97 Å². The van der Waals surface area contributed by atoms with E-state index in [1.807, 2.05) is 0 Å². The number of ether oxygens (including phenoxy) is 8. The standard InChI is InChI=1S/C24H32N2O12/c27-21-19(22(28)36-10-6-32-2-1-31-5-9-35-21)13-17-15-26-18(16-25-17)14-20-23(29)37-11-7-33-3-4-34-8-12-38-24(20)30/h15-16,19-20H,1-14H2. The smallest absolute Gasteiger partial charge is 0.320 e. The van der Waals surface area contributed by atoms with E-state index in [4.69, 9.17) is 37.9 Å². The van der Waals surface area contributed by atoms with Gasteiger partial charge in [0.15, 0.2) is 11.8 Å². The number of nitrogens with zero attached hydrogens (tertiary/aromatic N) is 2. The van der Waals surface area contributed by atoms with E-state index in [1.165, 1.54) is 12.4 Å². The Morgan fingerprint density at radius 1 is 0.474 bits per heavy atom. The van der Waals surface area contributed by atoms with Gasteiger partial charge in [0.1, 0.15) is 26.4 Å². The van der Waals surface area contributed by atoms with Gasteiger partial charge in [0, 0.05) is 25.2 Å². The van der Waals surface area contributed by atoms with Crippen molar-refractivity contribution in [1.29, 1.82) is 0 Å². The van der Waals surface area contributed by atoms with Gasteiger partial charge in [-0.25, -0.2) is 0 Å². The summed E-state index contributed by atoms with van der Waals surface area (Å²) in [6.07, 6.45) is 2.45. The van der Waals surface area contributed by atoms with Crippen LogP contribution in [0.25, 0.3) is 0 Å². The molecule has 0 amide bonds. The number of esters is 4. The fourth-order valence-electron chi connectivity index (χ4n) is 3.39. The molecule has 0 saturated carbocycles. The van der Waals surface area contributed by atoms with E-state index >= 15 is 0 Å². The van der Waals surface area contributed by atoms with Crippen LogP contribution in [0.4, 0.5) is 0 Å². The number of cyclic esters (lactones) is 4. The summed E-state index contributed by atoms with van der Waals surface area (Å²) in [5, 5.41) is 0. The Labute approximate surface area is 219 Å². The quantitative estimate of drug-likeness (QED) is 0.261. The summed E-state index contributed by atoms with van der Waals surface area (Å²) < 4.78 is 41.7. The molecule has 2 aliphatic rings. The molecular weight excluding hydrogens is 508 g/mol. The summed E-state index contributed by atoms with van der Waals surface area (Å²) in [6.45, 7) is 1.86. The Balaban J connectivity index is 1.63. The first-order valence-electron chi connectivity index (χ1n) is 12.3. The lowest BCUT2D eigenvalue weighted by Crippen LogP contribution is -2.32. The lowest BCUT2D eigenvalue weighted by molar-refractivity contribution is -0.165. The molecule has 0 spiro atoms. The second-order valence-corrected chi connectivity index (χ2v) is 8.13. The van der Waals surface area contributed by atoms with Crippen LogP contribution in [0.15, 0.2) is 12.4 Å². The predicted octanol–water partition coefficient (Wildman–Crippen LogP) is -0.940. The first-order valence-corrected chi connectivity index (χ1v) is 12.3. The van der Waals surface area contributed by atoms with Crippen LogP contribution in [0.1, 0.15) is 11.4 Å². The van der Waals surface area contributed by atoms with E-state index in [1.54, 1.807) is 0 Å². The van der Waals surface area contributed by atoms with Gasteiger partial charge in [-0.2, -0.15) is 0 Å². The maximum absolute atomic E-state index is 12.5. The van der Waals surface area contributed by atoms with Crippen molar-refractivity contribution in [2.75, 3.05) is 79.3 Å². The summed E-state index contributed by atoms with van der Waals surface area (Å²) >= 11 is 0. The van der Waals surface area contributed by atoms with Gasteiger partial charge in [-0.1, -0.05) is 0 Å². The number of hydrogen-bond donors (Lipinski definition) is 0. The summed E-state index contributed by atoms with van der Waals surface area (Å²) in [4.78, 5) is 58.6. The molecule has 0 radical (unpaired) electrons. The number of carbonyl (C=O) groups is 4. The highest BCUT2D eigenvalue weighted by atomic mass is 16.6. The molecule has 210 valence electrons. The number of aromatic nitrogens is 2. The lowest BCUT2D eigenvalue weighted by atomic mass is 10.0. The molecule has 3 rings (SSSR count). The zero-order valence-corrected chi connectivity index (χ0v) is 21.0. The van der Waals surface area contributed by atoms with Crippen molar-refractivity contribution < 1.29 is 57.1 Å². The van der Waals surface area contributed by atoms with Gasteiger partial charge >= 0.3 is 23.9 Å². The van der Waals surface area contributed by atoms with Crippen LogP contribution in [-0.4, -0.2) is 113 Å². The zero-order valence-electron chi connectivity index (χ0n) is 21.0. The van der Waals surface area contributed by atoms with Crippen molar-refractivity contribution in [3.8, 4) is 0 Å². The molecule has 0 bridgehead atoms. The fraction of sp³-hybridized carbons (Fsp3) is 0.667. The van der Waals surface area contributed by atoms with Crippen LogP contribution in [0.5, 0.6) is 0 Å². The van der Waals surface area contributed by atoms with Crippen molar-refractivity contribution in [3.05, 3.63) is 23.8 Å². The lowest BCUT2D eigenvalue weighted by Gasteiger charge is -2.16. The highest BCUT2D eigenvalue weighted by molar-refractivity contribution is 5.95. The molecule has 0 N–H and O–H groups in total. The Hall–Kier alpha value is -3.20. The monoisotopic (exact) mass is 540 g/mol.